The Kier molecular flexibility index (Phi) is 6.00. The number of nitrogens with zero attached hydrogens (tertiary/aromatic N) is 1. The third kappa shape index (κ3) is 4.34. The van der Waals surface area contributed by atoms with Crippen molar-refractivity contribution in [1.82, 2.24) is 20.1 Å². The van der Waals surface area contributed by atoms with Gasteiger partial charge in [-0.1, -0.05) is 0 Å². The van der Waals surface area contributed by atoms with Gasteiger partial charge in [0, 0.05) is 19.3 Å². The van der Waals surface area contributed by atoms with E-state index in [4.69, 9.17) is 4.74 Å². The van der Waals surface area contributed by atoms with E-state index in [2.05, 4.69) is 15.8 Å². The number of aromatic nitrogens is 1. The summed E-state index contributed by atoms with van der Waals surface area (Å²) >= 11 is 0. The zero-order valence-electron chi connectivity index (χ0n) is 15.3. The maximum absolute atomic E-state index is 12.9. The minimum absolute atomic E-state index is 0.0541. The normalized spacial score (nSPS) is 17.7. The number of carbonyl (C=O) groups is 2. The fraction of sp³-hybridized carbons (Fsp3) is 0.333. The molecule has 28 heavy (non-hydrogen) atoms. The van der Waals surface area contributed by atoms with Gasteiger partial charge < -0.3 is 9.72 Å². The summed E-state index contributed by atoms with van der Waals surface area (Å²) in [5, 5.41) is 0. The topological polar surface area (TPSA) is 121 Å². The van der Waals surface area contributed by atoms with Crippen LogP contribution in [0.5, 0.6) is 5.75 Å². The molecule has 1 aliphatic heterocycles. The first-order valence-electron chi connectivity index (χ1n) is 8.79. The van der Waals surface area contributed by atoms with Crippen molar-refractivity contribution >= 4 is 21.8 Å². The highest BCUT2D eigenvalue weighted by molar-refractivity contribution is 7.89. The number of sulfonamides is 1. The lowest BCUT2D eigenvalue weighted by molar-refractivity contribution is -0.126. The van der Waals surface area contributed by atoms with Gasteiger partial charge in [0.15, 0.2) is 0 Å². The zero-order valence-corrected chi connectivity index (χ0v) is 16.2. The van der Waals surface area contributed by atoms with Crippen LogP contribution in [0.25, 0.3) is 0 Å². The van der Waals surface area contributed by atoms with Crippen molar-refractivity contribution in [3.8, 4) is 5.75 Å². The third-order valence-electron chi connectivity index (χ3n) is 4.59. The first kappa shape index (κ1) is 19.9. The van der Waals surface area contributed by atoms with Crippen LogP contribution in [0.3, 0.4) is 0 Å². The van der Waals surface area contributed by atoms with Crippen LogP contribution >= 0.6 is 0 Å². The van der Waals surface area contributed by atoms with Crippen molar-refractivity contribution < 1.29 is 22.7 Å². The number of H-pyrrole nitrogens is 1. The minimum Gasteiger partial charge on any atom is -0.497 e. The van der Waals surface area contributed by atoms with Crippen LogP contribution in [0.1, 0.15) is 23.3 Å². The van der Waals surface area contributed by atoms with Gasteiger partial charge in [0.2, 0.25) is 15.9 Å². The highest BCUT2D eigenvalue weighted by Crippen LogP contribution is 2.25. The van der Waals surface area contributed by atoms with Crippen LogP contribution in [0.15, 0.2) is 47.5 Å². The molecule has 2 amide bonds. The average Bonchev–Trinajstić information content (AvgIpc) is 3.27. The first-order chi connectivity index (χ1) is 13.4. The molecule has 3 N–H and O–H groups in total. The van der Waals surface area contributed by atoms with Gasteiger partial charge in [0.1, 0.15) is 11.4 Å². The number of ether oxygens (including phenoxy) is 1. The molecular weight excluding hydrogens is 384 g/mol. The summed E-state index contributed by atoms with van der Waals surface area (Å²) in [4.78, 5) is 27.2. The van der Waals surface area contributed by atoms with Crippen LogP contribution < -0.4 is 15.6 Å². The Hall–Kier alpha value is -2.85. The zero-order chi connectivity index (χ0) is 20.1. The average molecular weight is 406 g/mol. The number of methoxy groups -OCH3 is 1. The van der Waals surface area contributed by atoms with Gasteiger partial charge in [-0.3, -0.25) is 20.4 Å². The number of piperidine rings is 1. The van der Waals surface area contributed by atoms with Crippen LogP contribution in [0, 0.1) is 5.92 Å². The molecule has 1 saturated heterocycles. The van der Waals surface area contributed by atoms with E-state index in [-0.39, 0.29) is 11.4 Å². The monoisotopic (exact) mass is 406 g/mol. The summed E-state index contributed by atoms with van der Waals surface area (Å²) in [5.74, 6) is -0.884. The second kappa shape index (κ2) is 8.44. The van der Waals surface area contributed by atoms with Crippen molar-refractivity contribution in [2.24, 2.45) is 5.92 Å². The molecule has 0 bridgehead atoms. The van der Waals surface area contributed by atoms with Crippen molar-refractivity contribution in [1.29, 1.82) is 0 Å². The Morgan fingerprint density at radius 2 is 1.93 bits per heavy atom. The maximum atomic E-state index is 12.9. The highest BCUT2D eigenvalue weighted by Gasteiger charge is 2.33. The first-order valence-corrected chi connectivity index (χ1v) is 10.2. The lowest BCUT2D eigenvalue weighted by Crippen LogP contribution is -2.50. The van der Waals surface area contributed by atoms with E-state index in [1.807, 2.05) is 0 Å². The molecular formula is C18H22N4O5S. The number of rotatable bonds is 5. The van der Waals surface area contributed by atoms with Crippen LogP contribution in [0.4, 0.5) is 0 Å². The van der Waals surface area contributed by atoms with Gasteiger partial charge in [-0.15, -0.1) is 0 Å². The Balaban J connectivity index is 1.62. The SMILES string of the molecule is COc1ccc(S(=O)(=O)N2CCC[C@H](C(=O)NNC(=O)c3ccc[nH]3)C2)cc1. The standard InChI is InChI=1S/C18H22N4O5S/c1-27-14-6-8-15(9-7-14)28(25,26)22-11-3-4-13(12-22)17(23)20-21-18(24)16-5-2-10-19-16/h2,5-10,13,19H,3-4,11-12H2,1H3,(H,20,23)(H,21,24)/t13-/m0/s1. The van der Waals surface area contributed by atoms with E-state index < -0.39 is 27.8 Å². The van der Waals surface area contributed by atoms with Crippen LogP contribution in [0.2, 0.25) is 0 Å². The maximum Gasteiger partial charge on any atom is 0.286 e. The highest BCUT2D eigenvalue weighted by atomic mass is 32.2. The second-order valence-corrected chi connectivity index (χ2v) is 8.34. The molecule has 0 unspecified atom stereocenters. The molecule has 9 nitrogen and oxygen atoms in total. The fourth-order valence-corrected chi connectivity index (χ4v) is 4.55. The number of aromatic amines is 1. The molecule has 1 aliphatic rings. The molecule has 1 atom stereocenters. The van der Waals surface area contributed by atoms with Gasteiger partial charge in [0.25, 0.3) is 5.91 Å². The van der Waals surface area contributed by atoms with Gasteiger partial charge in [0.05, 0.1) is 17.9 Å². The predicted octanol–water partition coefficient (Wildman–Crippen LogP) is 0.885. The van der Waals surface area contributed by atoms with E-state index >= 15 is 0 Å². The van der Waals surface area contributed by atoms with Gasteiger partial charge in [-0.25, -0.2) is 8.42 Å². The summed E-state index contributed by atoms with van der Waals surface area (Å²) in [7, 11) is -2.21. The molecule has 0 spiro atoms. The Labute approximate surface area is 163 Å². The number of hydrazine groups is 1. The predicted molar refractivity (Wildman–Crippen MR) is 101 cm³/mol. The Morgan fingerprint density at radius 1 is 1.18 bits per heavy atom. The smallest absolute Gasteiger partial charge is 0.286 e. The minimum atomic E-state index is -3.71. The van der Waals surface area contributed by atoms with E-state index in [0.29, 0.717) is 30.8 Å². The number of carbonyl (C=O) groups excluding carboxylic acids is 2. The largest absolute Gasteiger partial charge is 0.497 e. The fourth-order valence-electron chi connectivity index (χ4n) is 3.03. The summed E-state index contributed by atoms with van der Waals surface area (Å²) in [6.07, 6.45) is 2.69. The Bertz CT molecular complexity index is 925. The van der Waals surface area contributed by atoms with Gasteiger partial charge in [-0.05, 0) is 49.2 Å². The summed E-state index contributed by atoms with van der Waals surface area (Å²) in [6.45, 7) is 0.394. The van der Waals surface area contributed by atoms with E-state index in [9.17, 15) is 18.0 Å². The summed E-state index contributed by atoms with van der Waals surface area (Å²) in [5.41, 5.74) is 5.01. The number of amides is 2. The summed E-state index contributed by atoms with van der Waals surface area (Å²) < 4.78 is 32.1. The number of nitrogens with one attached hydrogen (secondary N) is 3. The molecule has 3 rings (SSSR count). The lowest BCUT2D eigenvalue weighted by atomic mass is 9.99. The number of hydrogen-bond acceptors (Lipinski definition) is 5. The molecule has 10 heteroatoms. The van der Waals surface area contributed by atoms with Crippen molar-refractivity contribution in [2.45, 2.75) is 17.7 Å². The van der Waals surface area contributed by atoms with Crippen molar-refractivity contribution in [3.63, 3.8) is 0 Å². The van der Waals surface area contributed by atoms with E-state index in [1.54, 1.807) is 30.5 Å². The van der Waals surface area contributed by atoms with Crippen molar-refractivity contribution in [2.75, 3.05) is 20.2 Å². The molecule has 150 valence electrons. The van der Waals surface area contributed by atoms with Gasteiger partial charge >= 0.3 is 0 Å². The molecule has 2 heterocycles. The van der Waals surface area contributed by atoms with Crippen LogP contribution in [-0.4, -0.2) is 49.7 Å². The number of hydrogen-bond donors (Lipinski definition) is 3. The van der Waals surface area contributed by atoms with Crippen LogP contribution in [-0.2, 0) is 14.8 Å². The van der Waals surface area contributed by atoms with Gasteiger partial charge in [-0.2, -0.15) is 4.31 Å². The quantitative estimate of drug-likeness (QED) is 0.637. The van der Waals surface area contributed by atoms with Crippen molar-refractivity contribution in [3.05, 3.63) is 48.3 Å². The molecule has 1 fully saturated rings. The number of benzene rings is 1. The second-order valence-electron chi connectivity index (χ2n) is 6.40. The molecule has 1 aromatic heterocycles. The summed E-state index contributed by atoms with van der Waals surface area (Å²) in [6, 6.07) is 9.36. The third-order valence-corrected chi connectivity index (χ3v) is 6.47. The van der Waals surface area contributed by atoms with E-state index in [1.165, 1.54) is 23.5 Å². The molecule has 0 radical (unpaired) electrons. The van der Waals surface area contributed by atoms with E-state index in [0.717, 1.165) is 0 Å². The molecule has 1 aromatic carbocycles. The molecule has 0 saturated carbocycles. The Morgan fingerprint density at radius 3 is 2.57 bits per heavy atom. The molecule has 0 aliphatic carbocycles. The lowest BCUT2D eigenvalue weighted by Gasteiger charge is -2.31. The molecule has 2 aromatic rings.